The summed E-state index contributed by atoms with van der Waals surface area (Å²) in [5.41, 5.74) is 0. The van der Waals surface area contributed by atoms with Crippen molar-refractivity contribution < 1.29 is 27.9 Å². The van der Waals surface area contributed by atoms with E-state index in [1.807, 2.05) is 5.32 Å². The molecule has 0 aromatic rings. The van der Waals surface area contributed by atoms with Crippen LogP contribution in [0.5, 0.6) is 0 Å². The lowest BCUT2D eigenvalue weighted by Crippen LogP contribution is -2.39. The van der Waals surface area contributed by atoms with Gasteiger partial charge in [0.25, 0.3) is 0 Å². The Kier molecular flexibility index (Phi) is 5.62. The molecular formula is C8H13F3N2O3. The van der Waals surface area contributed by atoms with Gasteiger partial charge in [-0.25, -0.2) is 4.79 Å². The normalized spacial score (nSPS) is 11.0. The van der Waals surface area contributed by atoms with E-state index in [0.717, 1.165) is 4.90 Å². The summed E-state index contributed by atoms with van der Waals surface area (Å²) in [6.45, 7) is -0.563. The largest absolute Gasteiger partial charge is 0.481 e. The van der Waals surface area contributed by atoms with E-state index in [1.54, 1.807) is 0 Å². The molecule has 0 heterocycles. The Morgan fingerprint density at radius 2 is 1.94 bits per heavy atom. The molecule has 16 heavy (non-hydrogen) atoms. The first-order valence-corrected chi connectivity index (χ1v) is 4.50. The Morgan fingerprint density at radius 3 is 2.38 bits per heavy atom. The number of carbonyl (C=O) groups is 2. The van der Waals surface area contributed by atoms with Crippen molar-refractivity contribution in [3.05, 3.63) is 0 Å². The minimum Gasteiger partial charge on any atom is -0.481 e. The van der Waals surface area contributed by atoms with Crippen LogP contribution in [0.15, 0.2) is 0 Å². The first-order valence-electron chi connectivity index (χ1n) is 4.50. The van der Waals surface area contributed by atoms with Crippen molar-refractivity contribution in [3.8, 4) is 0 Å². The number of halogens is 3. The van der Waals surface area contributed by atoms with Crippen molar-refractivity contribution in [1.29, 1.82) is 0 Å². The topological polar surface area (TPSA) is 69.6 Å². The number of nitrogens with zero attached hydrogens (tertiary/aromatic N) is 1. The van der Waals surface area contributed by atoms with E-state index in [9.17, 15) is 22.8 Å². The number of urea groups is 1. The number of aliphatic carboxylic acids is 1. The summed E-state index contributed by atoms with van der Waals surface area (Å²) in [5, 5.41) is 10.4. The molecule has 94 valence electrons. The van der Waals surface area contributed by atoms with Crippen molar-refractivity contribution in [1.82, 2.24) is 10.2 Å². The summed E-state index contributed by atoms with van der Waals surface area (Å²) in [5.74, 6) is -1.07. The second kappa shape index (κ2) is 6.19. The third-order valence-corrected chi connectivity index (χ3v) is 1.69. The van der Waals surface area contributed by atoms with Crippen molar-refractivity contribution >= 4 is 12.0 Å². The molecule has 0 radical (unpaired) electrons. The van der Waals surface area contributed by atoms with Crippen molar-refractivity contribution in [2.24, 2.45) is 0 Å². The van der Waals surface area contributed by atoms with E-state index in [-0.39, 0.29) is 13.0 Å². The molecule has 0 fully saturated rings. The van der Waals surface area contributed by atoms with E-state index >= 15 is 0 Å². The molecule has 0 rings (SSSR count). The zero-order chi connectivity index (χ0) is 12.8. The molecule has 5 nitrogen and oxygen atoms in total. The summed E-state index contributed by atoms with van der Waals surface area (Å²) < 4.78 is 35.2. The maximum Gasteiger partial charge on any atom is 0.390 e. The molecule has 0 aliphatic carbocycles. The Hall–Kier alpha value is -1.47. The second-order valence-electron chi connectivity index (χ2n) is 3.16. The molecule has 0 aromatic carbocycles. The van der Waals surface area contributed by atoms with Crippen LogP contribution in [0.1, 0.15) is 12.8 Å². The summed E-state index contributed by atoms with van der Waals surface area (Å²) in [6.07, 6.45) is -5.67. The van der Waals surface area contributed by atoms with Gasteiger partial charge in [0, 0.05) is 20.1 Å². The zero-order valence-electron chi connectivity index (χ0n) is 8.67. The molecule has 0 aromatic heterocycles. The number of hydrogen-bond acceptors (Lipinski definition) is 2. The van der Waals surface area contributed by atoms with E-state index in [2.05, 4.69) is 0 Å². The van der Waals surface area contributed by atoms with Crippen LogP contribution in [0.2, 0.25) is 0 Å². The zero-order valence-corrected chi connectivity index (χ0v) is 8.67. The average Bonchev–Trinajstić information content (AvgIpc) is 2.11. The van der Waals surface area contributed by atoms with Gasteiger partial charge in [-0.1, -0.05) is 0 Å². The highest BCUT2D eigenvalue weighted by Crippen LogP contribution is 2.18. The lowest BCUT2D eigenvalue weighted by molar-refractivity contribution is -0.137. The molecule has 0 aliphatic rings. The molecule has 2 N–H and O–H groups in total. The highest BCUT2D eigenvalue weighted by molar-refractivity contribution is 5.74. The van der Waals surface area contributed by atoms with Crippen LogP contribution in [0.4, 0.5) is 18.0 Å². The average molecular weight is 242 g/mol. The molecule has 0 bridgehead atoms. The Morgan fingerprint density at radius 1 is 1.38 bits per heavy atom. The van der Waals surface area contributed by atoms with Crippen LogP contribution >= 0.6 is 0 Å². The second-order valence-corrected chi connectivity index (χ2v) is 3.16. The van der Waals surface area contributed by atoms with Gasteiger partial charge in [0.05, 0.1) is 12.8 Å². The lowest BCUT2D eigenvalue weighted by atomic mass is 10.4. The minimum atomic E-state index is -4.31. The molecule has 0 saturated heterocycles. The third kappa shape index (κ3) is 7.89. The van der Waals surface area contributed by atoms with Crippen LogP contribution in [0, 0.1) is 0 Å². The maximum atomic E-state index is 11.7. The molecule has 0 aliphatic heterocycles. The Balaban J connectivity index is 3.75. The standard InChI is InChI=1S/C8H13F3N2O3/c1-13(5-2-6(14)15)7(16)12-4-3-8(9,10)11/h2-5H2,1H3,(H,12,16)(H,14,15). The SMILES string of the molecule is CN(CCC(=O)O)C(=O)NCCC(F)(F)F. The number of alkyl halides is 3. The van der Waals surface area contributed by atoms with Crippen LogP contribution in [-0.4, -0.2) is 48.3 Å². The van der Waals surface area contributed by atoms with Crippen molar-refractivity contribution in [3.63, 3.8) is 0 Å². The van der Waals surface area contributed by atoms with Gasteiger partial charge in [0.15, 0.2) is 0 Å². The quantitative estimate of drug-likeness (QED) is 0.757. The molecule has 0 spiro atoms. The molecule has 2 amide bonds. The fourth-order valence-electron chi connectivity index (χ4n) is 0.811. The van der Waals surface area contributed by atoms with Gasteiger partial charge in [-0.15, -0.1) is 0 Å². The Bertz CT molecular complexity index is 255. The van der Waals surface area contributed by atoms with E-state index in [4.69, 9.17) is 5.11 Å². The first-order chi connectivity index (χ1) is 7.22. The summed E-state index contributed by atoms with van der Waals surface area (Å²) in [7, 11) is 1.31. The number of nitrogens with one attached hydrogen (secondary N) is 1. The fraction of sp³-hybridized carbons (Fsp3) is 0.750. The minimum absolute atomic E-state index is 0.0484. The van der Waals surface area contributed by atoms with Gasteiger partial charge in [0.2, 0.25) is 0 Å². The molecule has 8 heteroatoms. The molecular weight excluding hydrogens is 229 g/mol. The predicted molar refractivity (Wildman–Crippen MR) is 49.0 cm³/mol. The van der Waals surface area contributed by atoms with Crippen LogP contribution in [-0.2, 0) is 4.79 Å². The van der Waals surface area contributed by atoms with Gasteiger partial charge in [-0.2, -0.15) is 13.2 Å². The van der Waals surface area contributed by atoms with Gasteiger partial charge >= 0.3 is 18.2 Å². The summed E-state index contributed by atoms with van der Waals surface area (Å²) in [6, 6.07) is -0.717. The van der Waals surface area contributed by atoms with Crippen molar-refractivity contribution in [2.75, 3.05) is 20.1 Å². The first kappa shape index (κ1) is 14.5. The van der Waals surface area contributed by atoms with Crippen LogP contribution in [0.3, 0.4) is 0 Å². The summed E-state index contributed by atoms with van der Waals surface area (Å²) in [4.78, 5) is 22.3. The fourth-order valence-corrected chi connectivity index (χ4v) is 0.811. The van der Waals surface area contributed by atoms with Gasteiger partial charge < -0.3 is 15.3 Å². The monoisotopic (exact) mass is 242 g/mol. The number of carboxylic acids is 1. The lowest BCUT2D eigenvalue weighted by Gasteiger charge is -2.17. The van der Waals surface area contributed by atoms with E-state index < -0.39 is 31.1 Å². The summed E-state index contributed by atoms with van der Waals surface area (Å²) >= 11 is 0. The van der Waals surface area contributed by atoms with Crippen LogP contribution < -0.4 is 5.32 Å². The number of hydrogen-bond donors (Lipinski definition) is 2. The highest BCUT2D eigenvalue weighted by atomic mass is 19.4. The number of amides is 2. The number of rotatable bonds is 5. The predicted octanol–water partition coefficient (Wildman–Crippen LogP) is 1.05. The highest BCUT2D eigenvalue weighted by Gasteiger charge is 2.26. The van der Waals surface area contributed by atoms with Gasteiger partial charge in [-0.05, 0) is 0 Å². The third-order valence-electron chi connectivity index (χ3n) is 1.69. The Labute approximate surface area is 90.2 Å². The number of carboxylic acid groups (broad SMARTS) is 1. The number of carbonyl (C=O) groups excluding carboxylic acids is 1. The molecule has 0 atom stereocenters. The van der Waals surface area contributed by atoms with Crippen LogP contribution in [0.25, 0.3) is 0 Å². The maximum absolute atomic E-state index is 11.7. The van der Waals surface area contributed by atoms with Crippen molar-refractivity contribution in [2.45, 2.75) is 19.0 Å². The van der Waals surface area contributed by atoms with Gasteiger partial charge in [0.1, 0.15) is 0 Å². The van der Waals surface area contributed by atoms with E-state index in [0.29, 0.717) is 0 Å². The van der Waals surface area contributed by atoms with E-state index in [1.165, 1.54) is 7.05 Å². The molecule has 0 unspecified atom stereocenters. The molecule has 0 saturated carbocycles. The van der Waals surface area contributed by atoms with Gasteiger partial charge in [-0.3, -0.25) is 4.79 Å². The smallest absolute Gasteiger partial charge is 0.390 e.